The molecule has 28 heavy (non-hydrogen) atoms. The lowest BCUT2D eigenvalue weighted by Gasteiger charge is -2.31. The van der Waals surface area contributed by atoms with Crippen molar-refractivity contribution in [3.8, 4) is 5.75 Å². The highest BCUT2D eigenvalue weighted by atomic mass is 19.4. The van der Waals surface area contributed by atoms with Gasteiger partial charge in [0.15, 0.2) is 0 Å². The zero-order valence-electron chi connectivity index (χ0n) is 16.5. The summed E-state index contributed by atoms with van der Waals surface area (Å²) in [4.78, 5) is 11.4. The van der Waals surface area contributed by atoms with Gasteiger partial charge in [-0.25, -0.2) is 9.97 Å². The Kier molecular flexibility index (Phi) is 5.67. The van der Waals surface area contributed by atoms with Crippen LogP contribution in [0.15, 0.2) is 24.3 Å². The minimum atomic E-state index is -4.68. The summed E-state index contributed by atoms with van der Waals surface area (Å²) in [5.41, 5.74) is 1.85. The molecule has 152 valence electrons. The van der Waals surface area contributed by atoms with Crippen LogP contribution < -0.4 is 15.0 Å². The van der Waals surface area contributed by atoms with E-state index in [0.29, 0.717) is 19.5 Å². The van der Waals surface area contributed by atoms with Gasteiger partial charge in [0, 0.05) is 31.1 Å². The van der Waals surface area contributed by atoms with Gasteiger partial charge in [-0.3, -0.25) is 0 Å². The molecular weight excluding hydrogens is 369 g/mol. The van der Waals surface area contributed by atoms with Crippen molar-refractivity contribution in [2.75, 3.05) is 16.8 Å². The van der Waals surface area contributed by atoms with Gasteiger partial charge in [0.1, 0.15) is 23.2 Å². The van der Waals surface area contributed by atoms with Gasteiger partial charge in [-0.05, 0) is 43.5 Å². The highest BCUT2D eigenvalue weighted by molar-refractivity contribution is 5.52. The highest BCUT2D eigenvalue weighted by Crippen LogP contribution is 2.30. The molecule has 0 radical (unpaired) electrons. The molecule has 0 saturated carbocycles. The number of rotatable bonds is 5. The van der Waals surface area contributed by atoms with Crippen LogP contribution in [0.1, 0.15) is 50.6 Å². The molecule has 0 saturated heterocycles. The summed E-state index contributed by atoms with van der Waals surface area (Å²) in [6.07, 6.45) is -4.05. The second kappa shape index (κ2) is 7.85. The summed E-state index contributed by atoms with van der Waals surface area (Å²) < 4.78 is 41.3. The third-order valence-corrected chi connectivity index (χ3v) is 4.43. The quantitative estimate of drug-likeness (QED) is 0.783. The third-order valence-electron chi connectivity index (χ3n) is 4.43. The second-order valence-corrected chi connectivity index (χ2v) is 7.57. The average Bonchev–Trinajstić information content (AvgIpc) is 2.59. The van der Waals surface area contributed by atoms with Crippen LogP contribution in [0, 0.1) is 0 Å². The maximum absolute atomic E-state index is 12.4. The smallest absolute Gasteiger partial charge is 0.406 e. The Morgan fingerprint density at radius 2 is 1.82 bits per heavy atom. The monoisotopic (exact) mass is 394 g/mol. The molecule has 0 spiro atoms. The van der Waals surface area contributed by atoms with E-state index in [0.717, 1.165) is 28.6 Å². The number of halogens is 3. The van der Waals surface area contributed by atoms with Gasteiger partial charge in [0.05, 0.1) is 0 Å². The number of hydrogen-bond acceptors (Lipinski definition) is 5. The number of anilines is 2. The lowest BCUT2D eigenvalue weighted by Crippen LogP contribution is -2.31. The molecule has 8 heteroatoms. The van der Waals surface area contributed by atoms with E-state index in [1.807, 2.05) is 19.9 Å². The predicted octanol–water partition coefficient (Wildman–Crippen LogP) is 4.88. The minimum Gasteiger partial charge on any atom is -0.406 e. The van der Waals surface area contributed by atoms with Crippen molar-refractivity contribution in [1.82, 2.24) is 9.97 Å². The number of nitrogens with one attached hydrogen (secondary N) is 1. The molecule has 1 aliphatic heterocycles. The Hall–Kier alpha value is -2.51. The van der Waals surface area contributed by atoms with Crippen LogP contribution in [0.3, 0.4) is 0 Å². The molecule has 1 aromatic carbocycles. The number of ether oxygens (including phenoxy) is 1. The lowest BCUT2D eigenvalue weighted by atomic mass is 9.99. The largest absolute Gasteiger partial charge is 0.573 e. The summed E-state index contributed by atoms with van der Waals surface area (Å²) in [7, 11) is 0. The van der Waals surface area contributed by atoms with E-state index >= 15 is 0 Å². The Bertz CT molecular complexity index is 837. The van der Waals surface area contributed by atoms with E-state index in [9.17, 15) is 13.2 Å². The Labute approximate surface area is 162 Å². The van der Waals surface area contributed by atoms with Crippen LogP contribution in [-0.2, 0) is 13.0 Å². The molecule has 0 amide bonds. The van der Waals surface area contributed by atoms with Crippen molar-refractivity contribution >= 4 is 11.6 Å². The van der Waals surface area contributed by atoms with Crippen molar-refractivity contribution < 1.29 is 17.9 Å². The SMILES string of the molecule is CC(C)Nc1cc(N2CCc3cc(OC(F)(F)F)ccc3C2)nc(C(C)C)n1. The van der Waals surface area contributed by atoms with E-state index in [2.05, 4.69) is 33.8 Å². The number of nitrogens with zero attached hydrogens (tertiary/aromatic N) is 3. The van der Waals surface area contributed by atoms with E-state index < -0.39 is 6.36 Å². The maximum atomic E-state index is 12.4. The molecule has 0 fully saturated rings. The predicted molar refractivity (Wildman–Crippen MR) is 103 cm³/mol. The zero-order chi connectivity index (χ0) is 20.5. The van der Waals surface area contributed by atoms with Crippen molar-refractivity contribution in [3.05, 3.63) is 41.2 Å². The summed E-state index contributed by atoms with van der Waals surface area (Å²) in [6, 6.07) is 6.71. The molecule has 2 aromatic rings. The Morgan fingerprint density at radius 3 is 2.46 bits per heavy atom. The van der Waals surface area contributed by atoms with Crippen LogP contribution in [-0.4, -0.2) is 28.9 Å². The average molecular weight is 394 g/mol. The molecule has 1 aromatic heterocycles. The Balaban J connectivity index is 1.84. The zero-order valence-corrected chi connectivity index (χ0v) is 16.5. The van der Waals surface area contributed by atoms with Crippen LogP contribution >= 0.6 is 0 Å². The van der Waals surface area contributed by atoms with Crippen LogP contribution in [0.4, 0.5) is 24.8 Å². The van der Waals surface area contributed by atoms with Gasteiger partial charge < -0.3 is 15.0 Å². The lowest BCUT2D eigenvalue weighted by molar-refractivity contribution is -0.274. The first-order valence-electron chi connectivity index (χ1n) is 9.38. The van der Waals surface area contributed by atoms with E-state index in [-0.39, 0.29) is 17.7 Å². The first-order chi connectivity index (χ1) is 13.1. The third kappa shape index (κ3) is 5.05. The van der Waals surface area contributed by atoms with Gasteiger partial charge in [-0.1, -0.05) is 19.9 Å². The van der Waals surface area contributed by atoms with Gasteiger partial charge in [0.2, 0.25) is 0 Å². The number of hydrogen-bond donors (Lipinski definition) is 1. The van der Waals surface area contributed by atoms with Gasteiger partial charge in [0.25, 0.3) is 0 Å². The van der Waals surface area contributed by atoms with Crippen LogP contribution in [0.25, 0.3) is 0 Å². The first-order valence-corrected chi connectivity index (χ1v) is 9.38. The van der Waals surface area contributed by atoms with Gasteiger partial charge >= 0.3 is 6.36 Å². The molecular formula is C20H25F3N4O. The first kappa shape index (κ1) is 20.2. The molecule has 0 atom stereocenters. The minimum absolute atomic E-state index is 0.174. The fourth-order valence-corrected chi connectivity index (χ4v) is 3.16. The fraction of sp³-hybridized carbons (Fsp3) is 0.500. The van der Waals surface area contributed by atoms with Crippen molar-refractivity contribution in [2.45, 2.75) is 59.0 Å². The molecule has 0 unspecified atom stereocenters. The molecule has 5 nitrogen and oxygen atoms in total. The van der Waals surface area contributed by atoms with E-state index in [1.165, 1.54) is 12.1 Å². The molecule has 1 N–H and O–H groups in total. The highest BCUT2D eigenvalue weighted by Gasteiger charge is 2.31. The fourth-order valence-electron chi connectivity index (χ4n) is 3.16. The molecule has 3 rings (SSSR count). The van der Waals surface area contributed by atoms with Crippen molar-refractivity contribution in [1.29, 1.82) is 0 Å². The van der Waals surface area contributed by atoms with Crippen molar-refractivity contribution in [2.24, 2.45) is 0 Å². The van der Waals surface area contributed by atoms with Gasteiger partial charge in [-0.2, -0.15) is 0 Å². The molecule has 2 heterocycles. The summed E-state index contributed by atoms with van der Waals surface area (Å²) in [5, 5.41) is 3.33. The molecule has 0 bridgehead atoms. The Morgan fingerprint density at radius 1 is 1.07 bits per heavy atom. The van der Waals surface area contributed by atoms with Gasteiger partial charge in [-0.15, -0.1) is 13.2 Å². The standard InChI is InChI=1S/C20H25F3N4O/c1-12(2)19-25-17(24-13(3)4)10-18(26-19)27-8-7-14-9-16(28-20(21,22)23)6-5-15(14)11-27/h5-6,9-10,12-13H,7-8,11H2,1-4H3,(H,24,25,26). The summed E-state index contributed by atoms with van der Waals surface area (Å²) in [5.74, 6) is 2.38. The van der Waals surface area contributed by atoms with E-state index in [4.69, 9.17) is 4.98 Å². The normalized spacial score (nSPS) is 14.4. The van der Waals surface area contributed by atoms with Crippen molar-refractivity contribution in [3.63, 3.8) is 0 Å². The number of alkyl halides is 3. The van der Waals surface area contributed by atoms with Crippen LogP contribution in [0.2, 0.25) is 0 Å². The maximum Gasteiger partial charge on any atom is 0.573 e. The van der Waals surface area contributed by atoms with Crippen LogP contribution in [0.5, 0.6) is 5.75 Å². The topological polar surface area (TPSA) is 50.3 Å². The summed E-state index contributed by atoms with van der Waals surface area (Å²) in [6.45, 7) is 9.44. The molecule has 0 aliphatic carbocycles. The number of aromatic nitrogens is 2. The van der Waals surface area contributed by atoms with E-state index in [1.54, 1.807) is 6.07 Å². The second-order valence-electron chi connectivity index (χ2n) is 7.57. The number of benzene rings is 1. The number of fused-ring (bicyclic) bond motifs is 1. The molecule has 1 aliphatic rings. The summed E-state index contributed by atoms with van der Waals surface area (Å²) >= 11 is 0.